The molecule has 0 radical (unpaired) electrons. The van der Waals surface area contributed by atoms with E-state index in [1.807, 2.05) is 20.8 Å². The van der Waals surface area contributed by atoms with E-state index in [0.717, 1.165) is 4.90 Å². The van der Waals surface area contributed by atoms with Gasteiger partial charge in [0.2, 0.25) is 5.91 Å². The largest absolute Gasteiger partial charge is 0.480 e. The topological polar surface area (TPSA) is 121 Å². The summed E-state index contributed by atoms with van der Waals surface area (Å²) in [5.74, 6) is -3.06. The number of carbonyl (C=O) groups excluding carboxylic acids is 1. The summed E-state index contributed by atoms with van der Waals surface area (Å²) >= 11 is 0. The number of rotatable bonds is 7. The monoisotopic (exact) mass is 274 g/mol. The van der Waals surface area contributed by atoms with Crippen molar-refractivity contribution in [3.05, 3.63) is 0 Å². The van der Waals surface area contributed by atoms with Crippen molar-refractivity contribution in [3.63, 3.8) is 0 Å². The van der Waals surface area contributed by atoms with Gasteiger partial charge in [-0.1, -0.05) is 20.8 Å². The second kappa shape index (κ2) is 7.08. The minimum atomic E-state index is -1.25. The Bertz CT molecular complexity index is 333. The van der Waals surface area contributed by atoms with E-state index < -0.39 is 37.0 Å². The number of hydrogen-bond donors (Lipinski definition) is 3. The molecule has 1 amide bonds. The molecule has 7 heteroatoms. The van der Waals surface area contributed by atoms with Crippen LogP contribution in [-0.4, -0.2) is 52.1 Å². The molecular weight excluding hydrogens is 252 g/mol. The van der Waals surface area contributed by atoms with Crippen LogP contribution < -0.4 is 5.73 Å². The lowest BCUT2D eigenvalue weighted by molar-refractivity contribution is -0.149. The number of carbonyl (C=O) groups is 3. The minimum Gasteiger partial charge on any atom is -0.480 e. The van der Waals surface area contributed by atoms with E-state index in [-0.39, 0.29) is 11.8 Å². The number of amides is 1. The van der Waals surface area contributed by atoms with Crippen molar-refractivity contribution in [2.24, 2.45) is 11.1 Å². The van der Waals surface area contributed by atoms with Gasteiger partial charge in [-0.15, -0.1) is 0 Å². The number of nitrogens with two attached hydrogens (primary N) is 1. The molecule has 0 aromatic carbocycles. The first kappa shape index (κ1) is 17.4. The van der Waals surface area contributed by atoms with Crippen molar-refractivity contribution < 1.29 is 24.6 Å². The molecule has 0 aromatic rings. The van der Waals surface area contributed by atoms with E-state index in [1.54, 1.807) is 0 Å². The molecule has 1 unspecified atom stereocenters. The van der Waals surface area contributed by atoms with Crippen LogP contribution in [0.4, 0.5) is 0 Å². The second-order valence-electron chi connectivity index (χ2n) is 5.77. The van der Waals surface area contributed by atoms with Crippen LogP contribution in [0.5, 0.6) is 0 Å². The molecule has 0 rings (SSSR count). The average molecular weight is 274 g/mol. The van der Waals surface area contributed by atoms with Crippen molar-refractivity contribution >= 4 is 17.8 Å². The van der Waals surface area contributed by atoms with Crippen LogP contribution in [0.15, 0.2) is 0 Å². The Morgan fingerprint density at radius 1 is 1.11 bits per heavy atom. The third-order valence-electron chi connectivity index (χ3n) is 2.32. The number of carboxylic acid groups (broad SMARTS) is 2. The first-order valence-electron chi connectivity index (χ1n) is 5.98. The van der Waals surface area contributed by atoms with E-state index in [2.05, 4.69) is 0 Å². The van der Waals surface area contributed by atoms with Crippen molar-refractivity contribution in [3.8, 4) is 0 Å². The summed E-state index contributed by atoms with van der Waals surface area (Å²) in [4.78, 5) is 33.8. The van der Waals surface area contributed by atoms with Crippen LogP contribution in [0.2, 0.25) is 0 Å². The smallest absolute Gasteiger partial charge is 0.323 e. The minimum absolute atomic E-state index is 0.0515. The number of nitrogens with zero attached hydrogens (tertiary/aromatic N) is 1. The molecule has 4 N–H and O–H groups in total. The third kappa shape index (κ3) is 9.01. The van der Waals surface area contributed by atoms with Crippen molar-refractivity contribution in [2.75, 3.05) is 13.1 Å². The summed E-state index contributed by atoms with van der Waals surface area (Å²) < 4.78 is 0. The van der Waals surface area contributed by atoms with E-state index in [1.165, 1.54) is 0 Å². The van der Waals surface area contributed by atoms with Gasteiger partial charge in [-0.25, -0.2) is 0 Å². The summed E-state index contributed by atoms with van der Waals surface area (Å²) in [7, 11) is 0. The second-order valence-corrected chi connectivity index (χ2v) is 5.77. The lowest BCUT2D eigenvalue weighted by atomic mass is 9.87. The number of carboxylic acids is 2. The molecule has 1 atom stereocenters. The highest BCUT2D eigenvalue weighted by molar-refractivity contribution is 5.85. The van der Waals surface area contributed by atoms with Crippen LogP contribution in [-0.2, 0) is 14.4 Å². The van der Waals surface area contributed by atoms with Crippen LogP contribution in [0.25, 0.3) is 0 Å². The Morgan fingerprint density at radius 3 is 1.84 bits per heavy atom. The first-order valence-corrected chi connectivity index (χ1v) is 5.98. The van der Waals surface area contributed by atoms with Crippen LogP contribution in [0, 0.1) is 5.41 Å². The summed E-state index contributed by atoms with van der Waals surface area (Å²) in [6, 6.07) is -0.419. The summed E-state index contributed by atoms with van der Waals surface area (Å²) in [6.07, 6.45) is 0.532. The maximum Gasteiger partial charge on any atom is 0.323 e. The molecule has 0 saturated heterocycles. The van der Waals surface area contributed by atoms with Gasteiger partial charge in [0.1, 0.15) is 13.1 Å². The fourth-order valence-corrected chi connectivity index (χ4v) is 1.77. The highest BCUT2D eigenvalue weighted by Crippen LogP contribution is 2.21. The molecule has 0 aliphatic rings. The summed E-state index contributed by atoms with van der Waals surface area (Å²) in [5.41, 5.74) is 5.77. The predicted molar refractivity (Wildman–Crippen MR) is 68.5 cm³/mol. The zero-order valence-electron chi connectivity index (χ0n) is 11.5. The molecule has 0 aromatic heterocycles. The molecule has 0 heterocycles. The molecule has 110 valence electrons. The molecule has 0 fully saturated rings. The maximum absolute atomic E-state index is 11.8. The van der Waals surface area contributed by atoms with Gasteiger partial charge in [-0.3, -0.25) is 14.4 Å². The average Bonchev–Trinajstić information content (AvgIpc) is 2.11. The van der Waals surface area contributed by atoms with Gasteiger partial charge >= 0.3 is 11.9 Å². The van der Waals surface area contributed by atoms with Crippen molar-refractivity contribution in [2.45, 2.75) is 39.7 Å². The molecule has 0 aliphatic heterocycles. The highest BCUT2D eigenvalue weighted by Gasteiger charge is 2.23. The molecule has 0 bridgehead atoms. The Balaban J connectivity index is 4.54. The first-order chi connectivity index (χ1) is 8.51. The number of hydrogen-bond acceptors (Lipinski definition) is 4. The van der Waals surface area contributed by atoms with E-state index in [0.29, 0.717) is 6.42 Å². The lowest BCUT2D eigenvalue weighted by Gasteiger charge is -2.25. The van der Waals surface area contributed by atoms with Crippen molar-refractivity contribution in [1.29, 1.82) is 0 Å². The van der Waals surface area contributed by atoms with Gasteiger partial charge in [0, 0.05) is 12.5 Å². The van der Waals surface area contributed by atoms with Gasteiger partial charge in [-0.05, 0) is 11.8 Å². The van der Waals surface area contributed by atoms with Crippen LogP contribution in [0.1, 0.15) is 33.6 Å². The fraction of sp³-hybridized carbons (Fsp3) is 0.750. The van der Waals surface area contributed by atoms with Crippen molar-refractivity contribution in [1.82, 2.24) is 4.90 Å². The van der Waals surface area contributed by atoms with E-state index in [9.17, 15) is 14.4 Å². The maximum atomic E-state index is 11.8. The Hall–Kier alpha value is -1.63. The standard InChI is InChI=1S/C12H22N2O5/c1-12(2,3)5-8(13)4-9(15)14(6-10(16)17)7-11(18)19/h8H,4-7,13H2,1-3H3,(H,16,17)(H,18,19). The van der Waals surface area contributed by atoms with Gasteiger partial charge in [0.25, 0.3) is 0 Å². The third-order valence-corrected chi connectivity index (χ3v) is 2.32. The lowest BCUT2D eigenvalue weighted by Crippen LogP contribution is -2.42. The highest BCUT2D eigenvalue weighted by atomic mass is 16.4. The molecular formula is C12H22N2O5. The van der Waals surface area contributed by atoms with E-state index in [4.69, 9.17) is 15.9 Å². The Morgan fingerprint density at radius 2 is 1.53 bits per heavy atom. The van der Waals surface area contributed by atoms with Gasteiger partial charge < -0.3 is 20.8 Å². The summed E-state index contributed by atoms with van der Waals surface area (Å²) in [6.45, 7) is 4.66. The van der Waals surface area contributed by atoms with Crippen LogP contribution >= 0.6 is 0 Å². The number of aliphatic carboxylic acids is 2. The zero-order valence-corrected chi connectivity index (χ0v) is 11.5. The quantitative estimate of drug-likeness (QED) is 0.607. The molecule has 0 aliphatic carbocycles. The Kier molecular flexibility index (Phi) is 6.47. The SMILES string of the molecule is CC(C)(C)CC(N)CC(=O)N(CC(=O)O)CC(=O)O. The van der Waals surface area contributed by atoms with Crippen LogP contribution in [0.3, 0.4) is 0 Å². The van der Waals surface area contributed by atoms with Gasteiger partial charge in [0.05, 0.1) is 0 Å². The normalized spacial score (nSPS) is 12.8. The molecule has 7 nitrogen and oxygen atoms in total. The zero-order chi connectivity index (χ0) is 15.2. The van der Waals surface area contributed by atoms with Gasteiger partial charge in [-0.2, -0.15) is 0 Å². The fourth-order valence-electron chi connectivity index (χ4n) is 1.77. The predicted octanol–water partition coefficient (Wildman–Crippen LogP) is 0.138. The van der Waals surface area contributed by atoms with Gasteiger partial charge in [0.15, 0.2) is 0 Å². The molecule has 19 heavy (non-hydrogen) atoms. The Labute approximate surface area is 112 Å². The molecule has 0 spiro atoms. The summed E-state index contributed by atoms with van der Waals surface area (Å²) in [5, 5.41) is 17.3. The molecule has 0 saturated carbocycles. The van der Waals surface area contributed by atoms with E-state index >= 15 is 0 Å².